The summed E-state index contributed by atoms with van der Waals surface area (Å²) in [4.78, 5) is 15.3. The van der Waals surface area contributed by atoms with Gasteiger partial charge in [-0.15, -0.1) is 0 Å². The van der Waals surface area contributed by atoms with Crippen molar-refractivity contribution in [1.29, 1.82) is 0 Å². The number of rotatable bonds is 14. The Bertz CT molecular complexity index is 519. The van der Waals surface area contributed by atoms with Gasteiger partial charge in [-0.1, -0.05) is 111 Å². The molecule has 3 nitrogen and oxygen atoms in total. The van der Waals surface area contributed by atoms with E-state index >= 15 is 0 Å². The molecule has 0 saturated carbocycles. The minimum atomic E-state index is -0.0845. The summed E-state index contributed by atoms with van der Waals surface area (Å²) in [7, 11) is 2.50. The Balaban J connectivity index is 2.06. The van der Waals surface area contributed by atoms with Crippen LogP contribution in [-0.2, 0) is 9.53 Å². The maximum absolute atomic E-state index is 12.8. The first-order chi connectivity index (χ1) is 14.7. The molecule has 0 aromatic carbocycles. The predicted molar refractivity (Wildman–Crippen MR) is 133 cm³/mol. The highest BCUT2D eigenvalue weighted by atomic mass is 16.6. The number of hydrogen-bond acceptors (Lipinski definition) is 3. The van der Waals surface area contributed by atoms with Crippen LogP contribution in [0.4, 0.5) is 0 Å². The number of hydrogen-bond donors (Lipinski definition) is 0. The van der Waals surface area contributed by atoms with Crippen molar-refractivity contribution < 1.29 is 9.53 Å². The predicted octanol–water partition coefficient (Wildman–Crippen LogP) is 7.70. The SMILES string of the molecule is CCCCCCCC([B]N1C2CC(CC(C)(C)CC1(C)C)OC2=O)CCCCCCC. The topological polar surface area (TPSA) is 29.5 Å². The summed E-state index contributed by atoms with van der Waals surface area (Å²) in [6.45, 7) is 13.9. The zero-order chi connectivity index (χ0) is 22.9. The van der Waals surface area contributed by atoms with Crippen LogP contribution in [0.1, 0.15) is 138 Å². The van der Waals surface area contributed by atoms with E-state index in [0.717, 1.165) is 19.3 Å². The fourth-order valence-electron chi connectivity index (χ4n) is 6.21. The molecular weight excluding hydrogens is 381 g/mol. The summed E-state index contributed by atoms with van der Waals surface area (Å²) in [5, 5.41) is 0. The molecule has 0 spiro atoms. The lowest BCUT2D eigenvalue weighted by molar-refractivity contribution is -0.144. The lowest BCUT2D eigenvalue weighted by Gasteiger charge is -2.48. The summed E-state index contributed by atoms with van der Waals surface area (Å²) in [6, 6.07) is -0.0845. The second kappa shape index (κ2) is 12.7. The van der Waals surface area contributed by atoms with Gasteiger partial charge < -0.3 is 9.55 Å². The molecule has 0 aromatic heterocycles. The minimum Gasteiger partial charge on any atom is -0.461 e. The van der Waals surface area contributed by atoms with Crippen molar-refractivity contribution in [3.05, 3.63) is 0 Å². The monoisotopic (exact) mass is 432 g/mol. The average molecular weight is 433 g/mol. The van der Waals surface area contributed by atoms with Crippen LogP contribution in [0.5, 0.6) is 0 Å². The first-order valence-electron chi connectivity index (χ1n) is 13.5. The summed E-state index contributed by atoms with van der Waals surface area (Å²) in [5.74, 6) is 0.591. The second-order valence-corrected chi connectivity index (χ2v) is 11.9. The molecule has 31 heavy (non-hydrogen) atoms. The molecule has 2 bridgehead atoms. The van der Waals surface area contributed by atoms with Gasteiger partial charge >= 0.3 is 5.97 Å². The van der Waals surface area contributed by atoms with Crippen LogP contribution in [-0.4, -0.2) is 35.9 Å². The summed E-state index contributed by atoms with van der Waals surface area (Å²) in [5.41, 5.74) is 0.164. The molecule has 2 atom stereocenters. The fourth-order valence-corrected chi connectivity index (χ4v) is 6.21. The van der Waals surface area contributed by atoms with Crippen LogP contribution in [0.3, 0.4) is 0 Å². The Morgan fingerprint density at radius 3 is 2.03 bits per heavy atom. The van der Waals surface area contributed by atoms with Gasteiger partial charge in [-0.2, -0.15) is 0 Å². The molecule has 0 N–H and O–H groups in total. The number of fused-ring (bicyclic) bond motifs is 2. The summed E-state index contributed by atoms with van der Waals surface area (Å²) >= 11 is 0. The van der Waals surface area contributed by atoms with Crippen LogP contribution in [0.25, 0.3) is 0 Å². The number of esters is 1. The first kappa shape index (κ1) is 26.7. The lowest BCUT2D eigenvalue weighted by atomic mass is 9.62. The Morgan fingerprint density at radius 1 is 0.935 bits per heavy atom. The lowest BCUT2D eigenvalue weighted by Crippen LogP contribution is -2.56. The largest absolute Gasteiger partial charge is 0.461 e. The van der Waals surface area contributed by atoms with Crippen molar-refractivity contribution >= 4 is 13.4 Å². The van der Waals surface area contributed by atoms with E-state index in [9.17, 15) is 4.79 Å². The zero-order valence-corrected chi connectivity index (χ0v) is 21.7. The molecular formula is C27H51BNO2. The van der Waals surface area contributed by atoms with E-state index < -0.39 is 0 Å². The van der Waals surface area contributed by atoms with Crippen molar-refractivity contribution in [1.82, 2.24) is 4.81 Å². The molecule has 2 aliphatic rings. The number of carbonyl (C=O) groups excluding carboxylic acids is 1. The first-order valence-corrected chi connectivity index (χ1v) is 13.5. The van der Waals surface area contributed by atoms with Gasteiger partial charge in [0.15, 0.2) is 0 Å². The maximum Gasteiger partial charge on any atom is 0.322 e. The summed E-state index contributed by atoms with van der Waals surface area (Å²) < 4.78 is 5.84. The molecule has 2 heterocycles. The van der Waals surface area contributed by atoms with Crippen LogP contribution >= 0.6 is 0 Å². The molecule has 2 fully saturated rings. The maximum atomic E-state index is 12.8. The van der Waals surface area contributed by atoms with Gasteiger partial charge in [0, 0.05) is 12.0 Å². The average Bonchev–Trinajstić information content (AvgIpc) is 3.02. The van der Waals surface area contributed by atoms with Gasteiger partial charge in [-0.3, -0.25) is 4.79 Å². The highest BCUT2D eigenvalue weighted by Gasteiger charge is 2.49. The Hall–Kier alpha value is -0.505. The quantitative estimate of drug-likeness (QED) is 0.160. The van der Waals surface area contributed by atoms with Gasteiger partial charge in [0.2, 0.25) is 7.41 Å². The van der Waals surface area contributed by atoms with Gasteiger partial charge in [-0.05, 0) is 32.1 Å². The van der Waals surface area contributed by atoms with Crippen molar-refractivity contribution in [3.63, 3.8) is 0 Å². The summed E-state index contributed by atoms with van der Waals surface area (Å²) in [6.07, 6.45) is 18.9. The zero-order valence-electron chi connectivity index (χ0n) is 21.7. The molecule has 0 amide bonds. The third kappa shape index (κ3) is 8.74. The normalized spacial score (nSPS) is 25.3. The molecule has 2 rings (SSSR count). The van der Waals surface area contributed by atoms with E-state index in [2.05, 4.69) is 53.8 Å². The smallest absolute Gasteiger partial charge is 0.322 e. The highest BCUT2D eigenvalue weighted by molar-refractivity contribution is 6.35. The third-order valence-electron chi connectivity index (χ3n) is 7.50. The van der Waals surface area contributed by atoms with Gasteiger partial charge in [0.05, 0.1) is 0 Å². The molecule has 0 aliphatic carbocycles. The van der Waals surface area contributed by atoms with Gasteiger partial charge in [0.1, 0.15) is 12.1 Å². The molecule has 0 aromatic rings. The van der Waals surface area contributed by atoms with Crippen LogP contribution < -0.4 is 0 Å². The van der Waals surface area contributed by atoms with Crippen LogP contribution in [0.2, 0.25) is 5.82 Å². The Labute approximate surface area is 194 Å². The third-order valence-corrected chi connectivity index (χ3v) is 7.50. The second-order valence-electron chi connectivity index (χ2n) is 11.9. The van der Waals surface area contributed by atoms with Crippen molar-refractivity contribution in [2.24, 2.45) is 5.41 Å². The molecule has 2 saturated heterocycles. The van der Waals surface area contributed by atoms with Crippen LogP contribution in [0, 0.1) is 5.41 Å². The van der Waals surface area contributed by atoms with E-state index in [0.29, 0.717) is 5.82 Å². The molecule has 4 heteroatoms. The number of nitrogens with zero attached hydrogens (tertiary/aromatic N) is 1. The van der Waals surface area contributed by atoms with E-state index in [1.54, 1.807) is 0 Å². The van der Waals surface area contributed by atoms with E-state index in [4.69, 9.17) is 4.74 Å². The Kier molecular flexibility index (Phi) is 10.9. The molecule has 2 unspecified atom stereocenters. The highest BCUT2D eigenvalue weighted by Crippen LogP contribution is 2.44. The Morgan fingerprint density at radius 2 is 1.48 bits per heavy atom. The minimum absolute atomic E-state index is 0.0108. The van der Waals surface area contributed by atoms with Gasteiger partial charge in [0.25, 0.3) is 0 Å². The van der Waals surface area contributed by atoms with E-state index in [1.807, 2.05) is 0 Å². The van der Waals surface area contributed by atoms with Gasteiger partial charge in [-0.25, -0.2) is 0 Å². The van der Waals surface area contributed by atoms with Crippen molar-refractivity contribution in [2.75, 3.05) is 0 Å². The molecule has 179 valence electrons. The number of carbonyl (C=O) groups is 1. The molecule has 1 radical (unpaired) electrons. The van der Waals surface area contributed by atoms with Crippen LogP contribution in [0.15, 0.2) is 0 Å². The standard InChI is InChI=1S/C27H51BNO2/c1-7-9-11-13-15-17-22(18-16-14-12-10-8-2)28-29-24-19-23(31-25(24)30)20-26(3,4)21-27(29,5)6/h22-24H,7-21H2,1-6H3. The van der Waals surface area contributed by atoms with E-state index in [-0.39, 0.29) is 29.1 Å². The number of ether oxygens (including phenoxy) is 1. The fraction of sp³-hybridized carbons (Fsp3) is 0.963. The van der Waals surface area contributed by atoms with Crippen molar-refractivity contribution in [2.45, 2.75) is 161 Å². The number of unbranched alkanes of at least 4 members (excludes halogenated alkanes) is 8. The van der Waals surface area contributed by atoms with E-state index in [1.165, 1.54) is 77.0 Å². The molecule has 2 aliphatic heterocycles. The van der Waals surface area contributed by atoms with Crippen molar-refractivity contribution in [3.8, 4) is 0 Å².